The summed E-state index contributed by atoms with van der Waals surface area (Å²) in [6.45, 7) is 6.12. The number of nitrogens with two attached hydrogens (primary N) is 1. The maximum atomic E-state index is 13.8. The molecule has 2 rings (SSSR count). The standard InChI is InChI=1S/C17H20F2N2/c1-4-21(14-7-5-6-13(18)9-14)17-8-11(2)16(19)10-15(17)12(3)20/h5-10,12H,4,20H2,1-3H3/t12-/m0/s1. The topological polar surface area (TPSA) is 29.3 Å². The van der Waals surface area contributed by atoms with Gasteiger partial charge in [-0.3, -0.25) is 0 Å². The van der Waals surface area contributed by atoms with Crippen molar-refractivity contribution >= 4 is 11.4 Å². The van der Waals surface area contributed by atoms with Gasteiger partial charge in [-0.2, -0.15) is 0 Å². The number of hydrogen-bond donors (Lipinski definition) is 1. The highest BCUT2D eigenvalue weighted by Gasteiger charge is 2.17. The summed E-state index contributed by atoms with van der Waals surface area (Å²) in [4.78, 5) is 1.94. The zero-order chi connectivity index (χ0) is 15.6. The highest BCUT2D eigenvalue weighted by Crippen LogP contribution is 2.33. The van der Waals surface area contributed by atoms with Crippen LogP contribution in [0.25, 0.3) is 0 Å². The number of nitrogens with zero attached hydrogens (tertiary/aromatic N) is 1. The zero-order valence-electron chi connectivity index (χ0n) is 12.5. The van der Waals surface area contributed by atoms with Crippen molar-refractivity contribution in [3.63, 3.8) is 0 Å². The van der Waals surface area contributed by atoms with Gasteiger partial charge in [0.1, 0.15) is 11.6 Å². The average Bonchev–Trinajstić information content (AvgIpc) is 2.43. The fourth-order valence-electron chi connectivity index (χ4n) is 2.42. The van der Waals surface area contributed by atoms with Crippen LogP contribution in [-0.4, -0.2) is 6.54 Å². The van der Waals surface area contributed by atoms with Crippen molar-refractivity contribution in [2.75, 3.05) is 11.4 Å². The molecular weight excluding hydrogens is 270 g/mol. The van der Waals surface area contributed by atoms with E-state index >= 15 is 0 Å². The summed E-state index contributed by atoms with van der Waals surface area (Å²) in [7, 11) is 0. The Morgan fingerprint density at radius 2 is 1.90 bits per heavy atom. The van der Waals surface area contributed by atoms with Crippen LogP contribution in [0.3, 0.4) is 0 Å². The lowest BCUT2D eigenvalue weighted by atomic mass is 10.0. The van der Waals surface area contributed by atoms with Crippen molar-refractivity contribution in [3.8, 4) is 0 Å². The van der Waals surface area contributed by atoms with Gasteiger partial charge in [0.05, 0.1) is 0 Å². The minimum absolute atomic E-state index is 0.277. The van der Waals surface area contributed by atoms with Gasteiger partial charge >= 0.3 is 0 Å². The summed E-state index contributed by atoms with van der Waals surface area (Å²) in [5.74, 6) is -0.575. The van der Waals surface area contributed by atoms with Crippen LogP contribution in [0.5, 0.6) is 0 Å². The third-order valence-electron chi connectivity index (χ3n) is 3.53. The second-order valence-electron chi connectivity index (χ2n) is 5.17. The van der Waals surface area contributed by atoms with E-state index in [1.54, 1.807) is 19.1 Å². The van der Waals surface area contributed by atoms with Crippen LogP contribution in [0.1, 0.15) is 31.0 Å². The Morgan fingerprint density at radius 3 is 2.48 bits per heavy atom. The van der Waals surface area contributed by atoms with Gasteiger partial charge in [-0.15, -0.1) is 0 Å². The zero-order valence-corrected chi connectivity index (χ0v) is 12.5. The minimum atomic E-state index is -0.308. The second-order valence-corrected chi connectivity index (χ2v) is 5.17. The number of rotatable bonds is 4. The molecule has 0 bridgehead atoms. The van der Waals surface area contributed by atoms with Crippen LogP contribution in [0.2, 0.25) is 0 Å². The van der Waals surface area contributed by atoms with E-state index in [1.165, 1.54) is 18.2 Å². The molecule has 2 aromatic rings. The molecule has 0 saturated carbocycles. The Bertz CT molecular complexity index is 639. The molecule has 0 fully saturated rings. The van der Waals surface area contributed by atoms with Crippen LogP contribution in [0.15, 0.2) is 36.4 Å². The number of hydrogen-bond acceptors (Lipinski definition) is 2. The van der Waals surface area contributed by atoms with Crippen LogP contribution < -0.4 is 10.6 Å². The molecule has 0 radical (unpaired) electrons. The van der Waals surface area contributed by atoms with Gasteiger partial charge in [0, 0.05) is 24.0 Å². The Kier molecular flexibility index (Phi) is 4.58. The summed E-state index contributed by atoms with van der Waals surface area (Å²) in [6, 6.07) is 9.29. The van der Waals surface area contributed by atoms with E-state index in [2.05, 4.69) is 0 Å². The second kappa shape index (κ2) is 6.22. The lowest BCUT2D eigenvalue weighted by Crippen LogP contribution is -2.20. The van der Waals surface area contributed by atoms with Gasteiger partial charge < -0.3 is 10.6 Å². The van der Waals surface area contributed by atoms with Crippen molar-refractivity contribution in [1.29, 1.82) is 0 Å². The van der Waals surface area contributed by atoms with Gasteiger partial charge in [0.2, 0.25) is 0 Å². The fourth-order valence-corrected chi connectivity index (χ4v) is 2.42. The smallest absolute Gasteiger partial charge is 0.126 e. The van der Waals surface area contributed by atoms with Crippen molar-refractivity contribution in [1.82, 2.24) is 0 Å². The van der Waals surface area contributed by atoms with Crippen LogP contribution in [0, 0.1) is 18.6 Å². The van der Waals surface area contributed by atoms with E-state index in [0.29, 0.717) is 17.7 Å². The van der Waals surface area contributed by atoms with E-state index in [-0.39, 0.29) is 17.7 Å². The third-order valence-corrected chi connectivity index (χ3v) is 3.53. The molecule has 0 spiro atoms. The first kappa shape index (κ1) is 15.4. The lowest BCUT2D eigenvalue weighted by molar-refractivity contribution is 0.612. The summed E-state index contributed by atoms with van der Waals surface area (Å²) in [6.07, 6.45) is 0. The molecule has 0 saturated heterocycles. The third kappa shape index (κ3) is 3.22. The molecule has 2 aromatic carbocycles. The number of benzene rings is 2. The summed E-state index contributed by atoms with van der Waals surface area (Å²) >= 11 is 0. The van der Waals surface area contributed by atoms with Gasteiger partial charge in [-0.1, -0.05) is 6.07 Å². The Hall–Kier alpha value is -1.94. The minimum Gasteiger partial charge on any atom is -0.341 e. The maximum Gasteiger partial charge on any atom is 0.126 e. The maximum absolute atomic E-state index is 13.8. The van der Waals surface area contributed by atoms with Crippen molar-refractivity contribution in [2.45, 2.75) is 26.8 Å². The van der Waals surface area contributed by atoms with Crippen LogP contribution in [0.4, 0.5) is 20.2 Å². The largest absolute Gasteiger partial charge is 0.341 e. The average molecular weight is 290 g/mol. The number of aryl methyl sites for hydroxylation is 1. The first-order chi connectivity index (χ1) is 9.93. The summed E-state index contributed by atoms with van der Waals surface area (Å²) < 4.78 is 27.3. The van der Waals surface area contributed by atoms with Gasteiger partial charge in [0.15, 0.2) is 0 Å². The predicted molar refractivity (Wildman–Crippen MR) is 82.8 cm³/mol. The van der Waals surface area contributed by atoms with Crippen molar-refractivity contribution in [2.24, 2.45) is 5.73 Å². The molecule has 2 N–H and O–H groups in total. The lowest BCUT2D eigenvalue weighted by Gasteiger charge is -2.28. The van der Waals surface area contributed by atoms with E-state index in [1.807, 2.05) is 24.8 Å². The fraction of sp³-hybridized carbons (Fsp3) is 0.294. The number of halogens is 2. The summed E-state index contributed by atoms with van der Waals surface area (Å²) in [5.41, 5.74) is 8.77. The van der Waals surface area contributed by atoms with Gasteiger partial charge in [-0.05, 0) is 62.2 Å². The molecule has 0 aromatic heterocycles. The predicted octanol–water partition coefficient (Wildman–Crippen LogP) is 4.45. The Morgan fingerprint density at radius 1 is 1.19 bits per heavy atom. The molecule has 2 nitrogen and oxygen atoms in total. The highest BCUT2D eigenvalue weighted by molar-refractivity contribution is 5.68. The van der Waals surface area contributed by atoms with E-state index in [0.717, 1.165) is 11.4 Å². The molecule has 1 atom stereocenters. The quantitative estimate of drug-likeness (QED) is 0.901. The molecule has 0 heterocycles. The first-order valence-corrected chi connectivity index (χ1v) is 7.02. The molecule has 0 aliphatic carbocycles. The first-order valence-electron chi connectivity index (χ1n) is 7.02. The summed E-state index contributed by atoms with van der Waals surface area (Å²) in [5, 5.41) is 0. The molecule has 0 aliphatic rings. The molecule has 0 unspecified atom stereocenters. The monoisotopic (exact) mass is 290 g/mol. The highest BCUT2D eigenvalue weighted by atomic mass is 19.1. The van der Waals surface area contributed by atoms with E-state index in [4.69, 9.17) is 5.73 Å². The van der Waals surface area contributed by atoms with Crippen LogP contribution >= 0.6 is 0 Å². The van der Waals surface area contributed by atoms with E-state index < -0.39 is 0 Å². The van der Waals surface area contributed by atoms with E-state index in [9.17, 15) is 8.78 Å². The molecule has 4 heteroatoms. The molecular formula is C17H20F2N2. The number of anilines is 2. The van der Waals surface area contributed by atoms with Crippen LogP contribution in [-0.2, 0) is 0 Å². The molecule has 21 heavy (non-hydrogen) atoms. The molecule has 0 amide bonds. The molecule has 112 valence electrons. The van der Waals surface area contributed by atoms with Gasteiger partial charge in [-0.25, -0.2) is 8.78 Å². The SMILES string of the molecule is CCN(c1cccc(F)c1)c1cc(C)c(F)cc1[C@H](C)N. The normalized spacial score (nSPS) is 12.3. The van der Waals surface area contributed by atoms with Crippen molar-refractivity contribution < 1.29 is 8.78 Å². The Balaban J connectivity index is 2.59. The van der Waals surface area contributed by atoms with Gasteiger partial charge in [0.25, 0.3) is 0 Å². The van der Waals surface area contributed by atoms with Crippen molar-refractivity contribution in [3.05, 3.63) is 59.2 Å². The Labute approximate surface area is 124 Å². The molecule has 0 aliphatic heterocycles.